The van der Waals surface area contributed by atoms with Crippen LogP contribution >= 0.6 is 11.3 Å². The van der Waals surface area contributed by atoms with Crippen LogP contribution in [-0.2, 0) is 11.3 Å². The Hall–Kier alpha value is -0.450. The van der Waals surface area contributed by atoms with Crippen molar-refractivity contribution in [2.24, 2.45) is 0 Å². The maximum atomic E-state index is 5.50. The van der Waals surface area contributed by atoms with Crippen molar-refractivity contribution in [1.29, 1.82) is 0 Å². The van der Waals surface area contributed by atoms with Crippen molar-refractivity contribution in [2.75, 3.05) is 19.8 Å². The molecule has 1 fully saturated rings. The van der Waals surface area contributed by atoms with Crippen molar-refractivity contribution in [2.45, 2.75) is 38.6 Å². The predicted molar refractivity (Wildman–Crippen MR) is 66.9 cm³/mol. The molecule has 1 aromatic heterocycles. The molecule has 1 aliphatic heterocycles. The van der Waals surface area contributed by atoms with Gasteiger partial charge in [-0.25, -0.2) is 4.98 Å². The van der Waals surface area contributed by atoms with Crippen molar-refractivity contribution in [3.8, 4) is 0 Å². The number of rotatable bonds is 5. The van der Waals surface area contributed by atoms with Gasteiger partial charge in [0.1, 0.15) is 0 Å². The highest BCUT2D eigenvalue weighted by molar-refractivity contribution is 7.09. The quantitative estimate of drug-likeness (QED) is 0.803. The Labute approximate surface area is 101 Å². The smallest absolute Gasteiger partial charge is 0.0982 e. The van der Waals surface area contributed by atoms with Gasteiger partial charge in [0.25, 0.3) is 0 Å². The van der Waals surface area contributed by atoms with Crippen LogP contribution in [0.1, 0.15) is 42.8 Å². The first-order valence-electron chi connectivity index (χ1n) is 6.13. The summed E-state index contributed by atoms with van der Waals surface area (Å²) in [7, 11) is 0. The predicted octanol–water partition coefficient (Wildman–Crippen LogP) is 2.54. The van der Waals surface area contributed by atoms with E-state index in [-0.39, 0.29) is 0 Å². The molecule has 1 aromatic rings. The summed E-state index contributed by atoms with van der Waals surface area (Å²) in [6.07, 6.45) is 3.58. The molecule has 90 valence electrons. The highest BCUT2D eigenvalue weighted by Crippen LogP contribution is 2.27. The fourth-order valence-corrected chi connectivity index (χ4v) is 2.86. The molecule has 1 atom stereocenters. The third-order valence-corrected chi connectivity index (χ3v) is 3.87. The van der Waals surface area contributed by atoms with Gasteiger partial charge in [0, 0.05) is 24.4 Å². The van der Waals surface area contributed by atoms with Gasteiger partial charge in [0.2, 0.25) is 0 Å². The van der Waals surface area contributed by atoms with E-state index in [1.165, 1.54) is 30.0 Å². The molecule has 3 nitrogen and oxygen atoms in total. The highest BCUT2D eigenvalue weighted by Gasteiger charge is 2.18. The normalized spacial score (nSPS) is 21.2. The van der Waals surface area contributed by atoms with Gasteiger partial charge in [-0.15, -0.1) is 11.3 Å². The summed E-state index contributed by atoms with van der Waals surface area (Å²) in [5.74, 6) is 0.540. The lowest BCUT2D eigenvalue weighted by atomic mass is 10.0. The third-order valence-electron chi connectivity index (χ3n) is 2.81. The van der Waals surface area contributed by atoms with E-state index in [1.807, 2.05) is 0 Å². The van der Waals surface area contributed by atoms with Gasteiger partial charge < -0.3 is 10.1 Å². The van der Waals surface area contributed by atoms with E-state index in [0.29, 0.717) is 5.92 Å². The van der Waals surface area contributed by atoms with E-state index in [1.54, 1.807) is 11.3 Å². The molecule has 0 aliphatic carbocycles. The second-order valence-electron chi connectivity index (χ2n) is 4.27. The molecule has 1 saturated heterocycles. The molecule has 0 aromatic carbocycles. The number of nitrogens with zero attached hydrogens (tertiary/aromatic N) is 1. The summed E-state index contributed by atoms with van der Waals surface area (Å²) in [4.78, 5) is 4.68. The summed E-state index contributed by atoms with van der Waals surface area (Å²) in [5.41, 5.74) is 1.18. The Morgan fingerprint density at radius 1 is 1.62 bits per heavy atom. The van der Waals surface area contributed by atoms with Crippen LogP contribution in [0.5, 0.6) is 0 Å². The van der Waals surface area contributed by atoms with Gasteiger partial charge in [-0.1, -0.05) is 6.92 Å². The Kier molecular flexibility index (Phi) is 4.75. The Morgan fingerprint density at radius 2 is 2.56 bits per heavy atom. The lowest BCUT2D eigenvalue weighted by Crippen LogP contribution is -2.16. The van der Waals surface area contributed by atoms with Gasteiger partial charge in [0.05, 0.1) is 17.3 Å². The van der Waals surface area contributed by atoms with E-state index in [9.17, 15) is 0 Å². The topological polar surface area (TPSA) is 34.1 Å². The second-order valence-corrected chi connectivity index (χ2v) is 5.16. The van der Waals surface area contributed by atoms with Crippen LogP contribution in [0.25, 0.3) is 0 Å². The molecular formula is C12H20N2OS. The molecule has 1 N–H and O–H groups in total. The molecule has 2 rings (SSSR count). The van der Waals surface area contributed by atoms with Gasteiger partial charge in [-0.2, -0.15) is 0 Å². The molecule has 16 heavy (non-hydrogen) atoms. The number of nitrogens with one attached hydrogen (secondary N) is 1. The third kappa shape index (κ3) is 3.27. The summed E-state index contributed by atoms with van der Waals surface area (Å²) in [6, 6.07) is 0. The van der Waals surface area contributed by atoms with Gasteiger partial charge >= 0.3 is 0 Å². The van der Waals surface area contributed by atoms with E-state index in [0.717, 1.165) is 26.3 Å². The van der Waals surface area contributed by atoms with Crippen LogP contribution in [-0.4, -0.2) is 24.7 Å². The zero-order valence-corrected chi connectivity index (χ0v) is 10.7. The summed E-state index contributed by atoms with van der Waals surface area (Å²) in [6.45, 7) is 5.93. The van der Waals surface area contributed by atoms with E-state index < -0.39 is 0 Å². The highest BCUT2D eigenvalue weighted by atomic mass is 32.1. The fraction of sp³-hybridized carbons (Fsp3) is 0.750. The van der Waals surface area contributed by atoms with Crippen molar-refractivity contribution in [3.63, 3.8) is 0 Å². The van der Waals surface area contributed by atoms with Crippen molar-refractivity contribution >= 4 is 11.3 Å². The average molecular weight is 240 g/mol. The summed E-state index contributed by atoms with van der Waals surface area (Å²) >= 11 is 1.78. The minimum absolute atomic E-state index is 0.540. The Morgan fingerprint density at radius 3 is 3.31 bits per heavy atom. The zero-order valence-electron chi connectivity index (χ0n) is 9.87. The monoisotopic (exact) mass is 240 g/mol. The number of thiazole rings is 1. The van der Waals surface area contributed by atoms with Gasteiger partial charge in [0.15, 0.2) is 0 Å². The van der Waals surface area contributed by atoms with Crippen LogP contribution in [0.15, 0.2) is 5.38 Å². The van der Waals surface area contributed by atoms with Crippen LogP contribution in [0, 0.1) is 0 Å². The molecule has 0 saturated carbocycles. The number of hydrogen-bond acceptors (Lipinski definition) is 4. The standard InChI is InChI=1S/C12H20N2OS/c1-2-5-13-7-11-9-16-12(14-11)10-4-3-6-15-8-10/h9-10,13H,2-8H2,1H3. The average Bonchev–Trinajstić information content (AvgIpc) is 2.79. The molecule has 0 radical (unpaired) electrons. The minimum Gasteiger partial charge on any atom is -0.381 e. The first kappa shape index (κ1) is 12.0. The molecule has 0 amide bonds. The summed E-state index contributed by atoms with van der Waals surface area (Å²) in [5, 5.41) is 6.81. The molecule has 1 aliphatic rings. The maximum Gasteiger partial charge on any atom is 0.0982 e. The molecule has 2 heterocycles. The number of hydrogen-bond donors (Lipinski definition) is 1. The Bertz CT molecular complexity index is 308. The molecule has 4 heteroatoms. The van der Waals surface area contributed by atoms with E-state index >= 15 is 0 Å². The number of ether oxygens (including phenoxy) is 1. The first-order valence-corrected chi connectivity index (χ1v) is 7.01. The first-order chi connectivity index (χ1) is 7.90. The maximum absolute atomic E-state index is 5.50. The molecule has 1 unspecified atom stereocenters. The second kappa shape index (κ2) is 6.33. The van der Waals surface area contributed by atoms with Crippen molar-refractivity contribution in [3.05, 3.63) is 16.1 Å². The minimum atomic E-state index is 0.540. The van der Waals surface area contributed by atoms with E-state index in [2.05, 4.69) is 22.6 Å². The lowest BCUT2D eigenvalue weighted by Gasteiger charge is -2.19. The SMILES string of the molecule is CCCNCc1csc(C2CCCOC2)n1. The molecule has 0 spiro atoms. The number of aromatic nitrogens is 1. The lowest BCUT2D eigenvalue weighted by molar-refractivity contribution is 0.0803. The van der Waals surface area contributed by atoms with Crippen molar-refractivity contribution in [1.82, 2.24) is 10.3 Å². The molecule has 0 bridgehead atoms. The van der Waals surface area contributed by atoms with Crippen molar-refractivity contribution < 1.29 is 4.74 Å². The van der Waals surface area contributed by atoms with Gasteiger partial charge in [-0.3, -0.25) is 0 Å². The summed E-state index contributed by atoms with van der Waals surface area (Å²) < 4.78 is 5.50. The largest absolute Gasteiger partial charge is 0.381 e. The fourth-order valence-electron chi connectivity index (χ4n) is 1.92. The zero-order chi connectivity index (χ0) is 11.2. The van der Waals surface area contributed by atoms with Gasteiger partial charge in [-0.05, 0) is 25.8 Å². The van der Waals surface area contributed by atoms with Crippen LogP contribution in [0.3, 0.4) is 0 Å². The Balaban J connectivity index is 1.85. The van der Waals surface area contributed by atoms with Crippen LogP contribution < -0.4 is 5.32 Å². The van der Waals surface area contributed by atoms with Crippen LogP contribution in [0.2, 0.25) is 0 Å². The molecular weight excluding hydrogens is 220 g/mol. The van der Waals surface area contributed by atoms with E-state index in [4.69, 9.17) is 4.74 Å². The van der Waals surface area contributed by atoms with Crippen LogP contribution in [0.4, 0.5) is 0 Å².